The van der Waals surface area contributed by atoms with E-state index in [0.717, 1.165) is 37.3 Å². The molecular weight excluding hydrogens is 298 g/mol. The Morgan fingerprint density at radius 2 is 2.20 bits per heavy atom. The van der Waals surface area contributed by atoms with E-state index < -0.39 is 10.0 Å². The third-order valence-corrected chi connectivity index (χ3v) is 7.20. The molecule has 0 aliphatic carbocycles. The van der Waals surface area contributed by atoms with Crippen LogP contribution >= 0.6 is 11.3 Å². The summed E-state index contributed by atoms with van der Waals surface area (Å²) in [6.07, 6.45) is 2.14. The first kappa shape index (κ1) is 15.7. The maximum atomic E-state index is 12.5. The van der Waals surface area contributed by atoms with Gasteiger partial charge in [0.1, 0.15) is 0 Å². The molecule has 1 unspecified atom stereocenters. The largest absolute Gasteiger partial charge is 0.315 e. The Balaban J connectivity index is 2.17. The molecule has 1 saturated heterocycles. The van der Waals surface area contributed by atoms with Gasteiger partial charge in [0.05, 0.1) is 0 Å². The predicted molar refractivity (Wildman–Crippen MR) is 79.8 cm³/mol. The van der Waals surface area contributed by atoms with Gasteiger partial charge in [0, 0.05) is 25.3 Å². The second kappa shape index (κ2) is 5.97. The van der Waals surface area contributed by atoms with Crippen LogP contribution in [0.4, 0.5) is 0 Å². The molecule has 0 saturated carbocycles. The molecule has 0 spiro atoms. The van der Waals surface area contributed by atoms with Crippen molar-refractivity contribution in [2.75, 3.05) is 26.7 Å². The summed E-state index contributed by atoms with van der Waals surface area (Å²) in [5.74, 6) is 0. The Morgan fingerprint density at radius 1 is 1.50 bits per heavy atom. The number of aromatic nitrogens is 1. The van der Waals surface area contributed by atoms with E-state index in [4.69, 9.17) is 0 Å². The van der Waals surface area contributed by atoms with Crippen LogP contribution in [0.15, 0.2) is 9.00 Å². The zero-order chi connectivity index (χ0) is 14.9. The lowest BCUT2D eigenvalue weighted by Gasteiger charge is -2.27. The lowest BCUT2D eigenvalue weighted by atomic mass is 10.2. The van der Waals surface area contributed by atoms with Gasteiger partial charge in [-0.25, -0.2) is 8.42 Å². The van der Waals surface area contributed by atoms with Gasteiger partial charge in [-0.05, 0) is 32.9 Å². The van der Waals surface area contributed by atoms with Crippen molar-refractivity contribution in [3.8, 4) is 0 Å². The van der Waals surface area contributed by atoms with Crippen molar-refractivity contribution >= 4 is 21.4 Å². The number of thiazole rings is 1. The Labute approximate surface area is 123 Å². The number of hydrogen-bond donors (Lipinski definition) is 1. The van der Waals surface area contributed by atoms with Gasteiger partial charge in [-0.15, -0.1) is 0 Å². The fourth-order valence-corrected chi connectivity index (χ4v) is 5.39. The molecule has 20 heavy (non-hydrogen) atoms. The van der Waals surface area contributed by atoms with E-state index in [1.54, 1.807) is 14.0 Å². The Kier molecular flexibility index (Phi) is 4.68. The molecule has 0 aromatic carbocycles. The quantitative estimate of drug-likeness (QED) is 0.873. The van der Waals surface area contributed by atoms with Crippen molar-refractivity contribution in [3.63, 3.8) is 0 Å². The highest BCUT2D eigenvalue weighted by Gasteiger charge is 2.31. The molecule has 114 valence electrons. The minimum absolute atomic E-state index is 0.131. The first-order valence-electron chi connectivity index (χ1n) is 6.76. The first-order valence-corrected chi connectivity index (χ1v) is 9.02. The van der Waals surface area contributed by atoms with E-state index in [0.29, 0.717) is 12.2 Å². The molecule has 0 radical (unpaired) electrons. The second-order valence-electron chi connectivity index (χ2n) is 5.14. The Bertz CT molecular complexity index is 620. The summed E-state index contributed by atoms with van der Waals surface area (Å²) >= 11 is 0.760. The van der Waals surface area contributed by atoms with E-state index in [1.807, 2.05) is 0 Å². The van der Waals surface area contributed by atoms with Gasteiger partial charge >= 0.3 is 4.87 Å². The lowest BCUT2D eigenvalue weighted by Crippen LogP contribution is -2.41. The van der Waals surface area contributed by atoms with Crippen LogP contribution in [0.2, 0.25) is 0 Å². The first-order chi connectivity index (χ1) is 9.36. The number of nitrogens with one attached hydrogen (secondary N) is 1. The molecule has 1 aromatic heterocycles. The number of hydrogen-bond acceptors (Lipinski definition) is 5. The second-order valence-corrected chi connectivity index (χ2v) is 8.36. The maximum Gasteiger partial charge on any atom is 0.305 e. The van der Waals surface area contributed by atoms with Crippen molar-refractivity contribution in [3.05, 3.63) is 15.4 Å². The van der Waals surface area contributed by atoms with Crippen LogP contribution in [-0.4, -0.2) is 55.3 Å². The molecule has 1 aliphatic heterocycles. The monoisotopic (exact) mass is 319 g/mol. The summed E-state index contributed by atoms with van der Waals surface area (Å²) in [4.78, 5) is 15.8. The van der Waals surface area contributed by atoms with Crippen LogP contribution in [0.3, 0.4) is 0 Å². The summed E-state index contributed by atoms with van der Waals surface area (Å²) < 4.78 is 26.5. The third kappa shape index (κ3) is 2.98. The minimum Gasteiger partial charge on any atom is -0.315 e. The number of likely N-dealkylation sites (tertiary alicyclic amines) is 1. The molecule has 8 heteroatoms. The van der Waals surface area contributed by atoms with Crippen LogP contribution in [0.5, 0.6) is 0 Å². The standard InChI is InChI=1S/C12H21N3O3S2/c1-4-15-7-5-6-10(15)8-14(3)20(17,18)11-9(2)13-12(16)19-11/h10H,4-8H2,1-3H3,(H,13,16). The van der Waals surface area contributed by atoms with Crippen LogP contribution in [0.1, 0.15) is 25.5 Å². The molecule has 1 fully saturated rings. The lowest BCUT2D eigenvalue weighted by molar-refractivity contribution is 0.238. The number of rotatable bonds is 5. The molecule has 6 nitrogen and oxygen atoms in total. The van der Waals surface area contributed by atoms with Gasteiger partial charge in [0.2, 0.25) is 0 Å². The fourth-order valence-electron chi connectivity index (χ4n) is 2.69. The number of likely N-dealkylation sites (N-methyl/N-ethyl adjacent to an activating group) is 2. The number of H-pyrrole nitrogens is 1. The molecule has 0 bridgehead atoms. The molecule has 1 N–H and O–H groups in total. The fraction of sp³-hybridized carbons (Fsp3) is 0.750. The summed E-state index contributed by atoms with van der Waals surface area (Å²) in [5.41, 5.74) is 0.422. The van der Waals surface area contributed by atoms with Crippen LogP contribution in [0, 0.1) is 6.92 Å². The van der Waals surface area contributed by atoms with Crippen molar-refractivity contribution in [2.45, 2.75) is 36.9 Å². The normalized spacial score (nSPS) is 20.9. The molecule has 1 aromatic rings. The van der Waals surface area contributed by atoms with Gasteiger partial charge < -0.3 is 4.98 Å². The predicted octanol–water partition coefficient (Wildman–Crippen LogP) is 0.850. The van der Waals surface area contributed by atoms with Crippen molar-refractivity contribution in [1.29, 1.82) is 0 Å². The molecule has 2 heterocycles. The smallest absolute Gasteiger partial charge is 0.305 e. The number of sulfonamides is 1. The molecule has 2 rings (SSSR count). The number of aromatic amines is 1. The highest BCUT2D eigenvalue weighted by atomic mass is 32.2. The summed E-state index contributed by atoms with van der Waals surface area (Å²) in [7, 11) is -1.99. The van der Waals surface area contributed by atoms with Gasteiger partial charge in [-0.3, -0.25) is 9.69 Å². The van der Waals surface area contributed by atoms with Crippen LogP contribution in [-0.2, 0) is 10.0 Å². The molecular formula is C12H21N3O3S2. The van der Waals surface area contributed by atoms with Gasteiger partial charge in [0.25, 0.3) is 10.0 Å². The maximum absolute atomic E-state index is 12.5. The molecule has 0 amide bonds. The van der Waals surface area contributed by atoms with E-state index in [1.165, 1.54) is 4.31 Å². The van der Waals surface area contributed by atoms with Crippen LogP contribution in [0.25, 0.3) is 0 Å². The van der Waals surface area contributed by atoms with Crippen molar-refractivity contribution < 1.29 is 8.42 Å². The van der Waals surface area contributed by atoms with Gasteiger partial charge in [-0.2, -0.15) is 4.31 Å². The van der Waals surface area contributed by atoms with Crippen molar-refractivity contribution in [2.24, 2.45) is 0 Å². The van der Waals surface area contributed by atoms with Gasteiger partial charge in [0.15, 0.2) is 4.21 Å². The summed E-state index contributed by atoms with van der Waals surface area (Å²) in [5, 5.41) is 0. The van der Waals surface area contributed by atoms with E-state index in [-0.39, 0.29) is 15.1 Å². The van der Waals surface area contributed by atoms with E-state index in [9.17, 15) is 13.2 Å². The van der Waals surface area contributed by atoms with E-state index in [2.05, 4.69) is 16.8 Å². The SMILES string of the molecule is CCN1CCCC1CN(C)S(=O)(=O)c1sc(=O)[nH]c1C. The van der Waals surface area contributed by atoms with E-state index >= 15 is 0 Å². The number of nitrogens with zero attached hydrogens (tertiary/aromatic N) is 2. The highest BCUT2D eigenvalue weighted by Crippen LogP contribution is 2.23. The summed E-state index contributed by atoms with van der Waals surface area (Å²) in [6, 6.07) is 0.274. The average molecular weight is 319 g/mol. The van der Waals surface area contributed by atoms with Crippen molar-refractivity contribution in [1.82, 2.24) is 14.2 Å². The van der Waals surface area contributed by atoms with Crippen LogP contribution < -0.4 is 4.87 Å². The Hall–Kier alpha value is -0.700. The number of aryl methyl sites for hydroxylation is 1. The molecule has 1 atom stereocenters. The average Bonchev–Trinajstić information content (AvgIpc) is 2.95. The highest BCUT2D eigenvalue weighted by molar-refractivity contribution is 7.91. The summed E-state index contributed by atoms with van der Waals surface area (Å²) in [6.45, 7) is 6.16. The topological polar surface area (TPSA) is 73.5 Å². The zero-order valence-corrected chi connectivity index (χ0v) is 13.7. The molecule has 1 aliphatic rings. The minimum atomic E-state index is -3.57. The zero-order valence-electron chi connectivity index (χ0n) is 12.0. The van der Waals surface area contributed by atoms with Gasteiger partial charge in [-0.1, -0.05) is 18.3 Å². The Morgan fingerprint density at radius 3 is 2.75 bits per heavy atom. The third-order valence-electron chi connectivity index (χ3n) is 3.80.